The fourth-order valence-corrected chi connectivity index (χ4v) is 11.5. The molecule has 0 unspecified atom stereocenters. The molecule has 14 nitrogen and oxygen atoms in total. The number of rotatable bonds is 8. The van der Waals surface area contributed by atoms with Gasteiger partial charge in [0.25, 0.3) is 0 Å². The van der Waals surface area contributed by atoms with Crippen molar-refractivity contribution in [3.8, 4) is 0 Å². The minimum absolute atomic E-state index is 0.0174. The lowest BCUT2D eigenvalue weighted by molar-refractivity contribution is -0.362. The average Bonchev–Trinajstić information content (AvgIpc) is 3.65. The van der Waals surface area contributed by atoms with Crippen LogP contribution in [0.15, 0.2) is 11.6 Å². The van der Waals surface area contributed by atoms with Crippen LogP contribution >= 0.6 is 0 Å². The third-order valence-electron chi connectivity index (χ3n) is 14.2. The van der Waals surface area contributed by atoms with Gasteiger partial charge < -0.3 is 63.9 Å². The number of aldehydes is 1. The first-order valence-corrected chi connectivity index (χ1v) is 18.4. The zero-order valence-corrected chi connectivity index (χ0v) is 29.0. The molecule has 0 amide bonds. The van der Waals surface area contributed by atoms with E-state index in [1.165, 1.54) is 7.11 Å². The summed E-state index contributed by atoms with van der Waals surface area (Å²) >= 11 is 0. The Morgan fingerprint density at radius 3 is 2.34 bits per heavy atom. The third-order valence-corrected chi connectivity index (χ3v) is 14.2. The van der Waals surface area contributed by atoms with Crippen LogP contribution in [0.3, 0.4) is 0 Å². The van der Waals surface area contributed by atoms with Gasteiger partial charge in [0.15, 0.2) is 12.6 Å². The fraction of sp³-hybridized carbons (Fsp3) is 0.889. The second kappa shape index (κ2) is 13.7. The number of fused-ring (bicyclic) bond motifs is 5. The van der Waals surface area contributed by atoms with Crippen LogP contribution in [0.25, 0.3) is 0 Å². The summed E-state index contributed by atoms with van der Waals surface area (Å²) in [5.41, 5.74) is -0.922. The molecule has 282 valence electrons. The molecule has 0 aromatic heterocycles. The molecule has 7 aliphatic rings. The van der Waals surface area contributed by atoms with Gasteiger partial charge in [-0.25, -0.2) is 4.79 Å². The van der Waals surface area contributed by atoms with E-state index in [0.29, 0.717) is 32.3 Å². The maximum Gasteiger partial charge on any atom is 0.331 e. The van der Waals surface area contributed by atoms with Crippen LogP contribution in [0.1, 0.15) is 71.6 Å². The van der Waals surface area contributed by atoms with Crippen molar-refractivity contribution in [2.75, 3.05) is 20.3 Å². The Bertz CT molecular complexity index is 1310. The minimum Gasteiger partial charge on any atom is -0.458 e. The highest BCUT2D eigenvalue weighted by Crippen LogP contribution is 2.69. The van der Waals surface area contributed by atoms with Crippen LogP contribution in [0.4, 0.5) is 0 Å². The van der Waals surface area contributed by atoms with E-state index >= 15 is 0 Å². The number of carbonyl (C=O) groups is 2. The molecule has 4 aliphatic carbocycles. The molecular weight excluding hydrogens is 656 g/mol. The molecule has 0 aromatic carbocycles. The molecule has 3 aliphatic heterocycles. The first kappa shape index (κ1) is 36.8. The third kappa shape index (κ3) is 5.64. The Morgan fingerprint density at radius 1 is 0.900 bits per heavy atom. The van der Waals surface area contributed by atoms with E-state index in [0.717, 1.165) is 44.0 Å². The molecule has 14 heteroatoms. The maximum atomic E-state index is 13.2. The maximum absolute atomic E-state index is 13.2. The van der Waals surface area contributed by atoms with E-state index < -0.39 is 84.4 Å². The number of ether oxygens (including phenoxy) is 6. The van der Waals surface area contributed by atoms with Crippen LogP contribution in [0, 0.1) is 34.5 Å². The molecule has 0 aromatic rings. The van der Waals surface area contributed by atoms with Gasteiger partial charge in [0.05, 0.1) is 24.4 Å². The molecule has 6 N–H and O–H groups in total. The number of aliphatic hydroxyl groups is 6. The van der Waals surface area contributed by atoms with Crippen LogP contribution < -0.4 is 0 Å². The summed E-state index contributed by atoms with van der Waals surface area (Å²) in [5.74, 6) is -0.159. The SMILES string of the molecule is CO[C@@H]1[C@@H](O)[C@H](O[C@H]2CC[C@@]3(C=O)[C@@H](CC[C@@H]4[C@@H]3CC[C@]3(C)[C@@H](C5=CC(=O)OC5)CC[C@]43O)C2)O[C@H](C)[C@@H]1O[C@@H]1O[C@H](CO)[C@@H](O)[C@H](O)[C@H]1O. The summed E-state index contributed by atoms with van der Waals surface area (Å²) in [6.07, 6.45) is -3.53. The van der Waals surface area contributed by atoms with Gasteiger partial charge in [0.2, 0.25) is 0 Å². The number of cyclic esters (lactones) is 1. The van der Waals surface area contributed by atoms with Crippen LogP contribution in [-0.2, 0) is 38.0 Å². The van der Waals surface area contributed by atoms with Crippen molar-refractivity contribution in [1.82, 2.24) is 0 Å². The molecule has 0 bridgehead atoms. The molecule has 0 spiro atoms. The van der Waals surface area contributed by atoms with Crippen molar-refractivity contribution >= 4 is 12.3 Å². The van der Waals surface area contributed by atoms with E-state index in [1.807, 2.05) is 0 Å². The second-order valence-electron chi connectivity index (χ2n) is 16.2. The van der Waals surface area contributed by atoms with Gasteiger partial charge in [0.1, 0.15) is 55.6 Å². The molecule has 7 rings (SSSR count). The molecule has 50 heavy (non-hydrogen) atoms. The van der Waals surface area contributed by atoms with Gasteiger partial charge in [-0.2, -0.15) is 0 Å². The molecular formula is C36H54O14. The number of aliphatic hydroxyl groups excluding tert-OH is 5. The van der Waals surface area contributed by atoms with E-state index in [2.05, 4.69) is 6.92 Å². The van der Waals surface area contributed by atoms with Gasteiger partial charge in [-0.15, -0.1) is 0 Å². The highest BCUT2D eigenvalue weighted by molar-refractivity contribution is 5.85. The number of esters is 1. The fourth-order valence-electron chi connectivity index (χ4n) is 11.5. The van der Waals surface area contributed by atoms with Crippen molar-refractivity contribution < 1.29 is 68.6 Å². The highest BCUT2D eigenvalue weighted by Gasteiger charge is 2.69. The Hall–Kier alpha value is -1.56. The van der Waals surface area contributed by atoms with E-state index in [9.17, 15) is 40.2 Å². The van der Waals surface area contributed by atoms with Crippen molar-refractivity contribution in [1.29, 1.82) is 0 Å². The summed E-state index contributed by atoms with van der Waals surface area (Å²) in [5, 5.41) is 64.3. The Labute approximate surface area is 292 Å². The number of hydrogen-bond acceptors (Lipinski definition) is 14. The van der Waals surface area contributed by atoms with E-state index in [-0.39, 0.29) is 35.7 Å². The Balaban J connectivity index is 1.01. The largest absolute Gasteiger partial charge is 0.458 e. The van der Waals surface area contributed by atoms with Gasteiger partial charge >= 0.3 is 5.97 Å². The van der Waals surface area contributed by atoms with E-state index in [4.69, 9.17) is 28.4 Å². The summed E-state index contributed by atoms with van der Waals surface area (Å²) < 4.78 is 34.9. The van der Waals surface area contributed by atoms with Crippen molar-refractivity contribution in [3.05, 3.63) is 11.6 Å². The minimum atomic E-state index is -1.63. The van der Waals surface area contributed by atoms with Gasteiger partial charge in [0, 0.05) is 24.0 Å². The van der Waals surface area contributed by atoms with Gasteiger partial charge in [-0.05, 0) is 94.0 Å². The normalized spacial score (nSPS) is 53.5. The number of methoxy groups -OCH3 is 1. The first-order valence-electron chi connectivity index (χ1n) is 18.4. The summed E-state index contributed by atoms with van der Waals surface area (Å²) in [6.45, 7) is 3.55. The highest BCUT2D eigenvalue weighted by atomic mass is 16.7. The van der Waals surface area contributed by atoms with Crippen LogP contribution in [0.2, 0.25) is 0 Å². The molecule has 6 fully saturated rings. The Morgan fingerprint density at radius 2 is 1.66 bits per heavy atom. The lowest BCUT2D eigenvalue weighted by Gasteiger charge is -2.63. The predicted molar refractivity (Wildman–Crippen MR) is 171 cm³/mol. The van der Waals surface area contributed by atoms with Crippen LogP contribution in [0.5, 0.6) is 0 Å². The lowest BCUT2D eigenvalue weighted by atomic mass is 9.43. The van der Waals surface area contributed by atoms with Crippen molar-refractivity contribution in [2.24, 2.45) is 34.5 Å². The smallest absolute Gasteiger partial charge is 0.331 e. The summed E-state index contributed by atoms with van der Waals surface area (Å²) in [7, 11) is 1.40. The topological polar surface area (TPSA) is 211 Å². The monoisotopic (exact) mass is 710 g/mol. The molecule has 2 saturated heterocycles. The zero-order chi connectivity index (χ0) is 35.7. The van der Waals surface area contributed by atoms with Crippen molar-refractivity contribution in [3.63, 3.8) is 0 Å². The Kier molecular flexibility index (Phi) is 10.1. The van der Waals surface area contributed by atoms with Gasteiger partial charge in [-0.3, -0.25) is 0 Å². The second-order valence-corrected chi connectivity index (χ2v) is 16.2. The van der Waals surface area contributed by atoms with Crippen LogP contribution in [-0.4, -0.2) is 136 Å². The standard InChI is InChI=1S/C36H54O14/c1-17-30(50-32-28(42)27(41)26(40)24(14-37)49-32)31(45-3)29(43)33(47-17)48-20-6-10-35(16-38)19(13-20)4-5-23-22(35)7-9-34(2)21(8-11-36(23,34)44)18-12-25(39)46-15-18/h12,16-17,19-24,26-33,37,40-44H,4-11,13-15H2,1-3H3/t17-,19+,20+,21-,22+,23-,24-,26-,27+,28-,29-,30+,31-,32+,33+,34-,35-,36+/m1/s1. The quantitative estimate of drug-likeness (QED) is 0.112. The van der Waals surface area contributed by atoms with Crippen molar-refractivity contribution in [2.45, 2.75) is 145 Å². The average molecular weight is 711 g/mol. The molecule has 18 atom stereocenters. The predicted octanol–water partition coefficient (Wildman–Crippen LogP) is 0.113. The summed E-state index contributed by atoms with van der Waals surface area (Å²) in [6, 6.07) is 0. The molecule has 0 radical (unpaired) electrons. The first-order chi connectivity index (χ1) is 23.8. The number of hydrogen-bond donors (Lipinski definition) is 6. The molecule has 4 saturated carbocycles. The lowest BCUT2D eigenvalue weighted by Crippen LogP contribution is -2.65. The zero-order valence-electron chi connectivity index (χ0n) is 29.0. The van der Waals surface area contributed by atoms with Gasteiger partial charge in [-0.1, -0.05) is 6.92 Å². The molecule has 3 heterocycles. The summed E-state index contributed by atoms with van der Waals surface area (Å²) in [4.78, 5) is 25.1. The number of carbonyl (C=O) groups excluding carboxylic acids is 2. The van der Waals surface area contributed by atoms with E-state index in [1.54, 1.807) is 13.0 Å².